The molecule has 10 heteroatoms. The Labute approximate surface area is 199 Å². The van der Waals surface area contributed by atoms with E-state index in [1.165, 1.54) is 31.7 Å². The second-order valence-electron chi connectivity index (χ2n) is 8.19. The molecule has 2 aromatic carbocycles. The lowest BCUT2D eigenvalue weighted by atomic mass is 10.2. The van der Waals surface area contributed by atoms with Gasteiger partial charge in [-0.25, -0.2) is 8.42 Å². The van der Waals surface area contributed by atoms with Crippen LogP contribution in [0.25, 0.3) is 10.9 Å². The Morgan fingerprint density at radius 1 is 0.971 bits per heavy atom. The molecule has 0 atom stereocenters. The van der Waals surface area contributed by atoms with Crippen molar-refractivity contribution < 1.29 is 27.4 Å². The average molecular weight is 488 g/mol. The quantitative estimate of drug-likeness (QED) is 0.523. The summed E-state index contributed by atoms with van der Waals surface area (Å²) in [7, 11) is 0.932. The van der Waals surface area contributed by atoms with Gasteiger partial charge in [-0.2, -0.15) is 4.31 Å². The molecule has 4 rings (SSSR count). The second-order valence-corrected chi connectivity index (χ2v) is 10.1. The standard InChI is InChI=1S/C24H29N3O6S/c1-15-8-9-16(12-21(15)34(29,30)27-10-6-5-7-11-27)25-24(28)18-13-17-19(31-2)14-20(32-3)23(33-4)22(17)26-18/h8-9,12-14,26H,5-7,10-11H2,1-4H3,(H,25,28). The highest BCUT2D eigenvalue weighted by atomic mass is 32.2. The van der Waals surface area contributed by atoms with E-state index in [0.29, 0.717) is 52.5 Å². The molecule has 3 aromatic rings. The van der Waals surface area contributed by atoms with Crippen molar-refractivity contribution in [1.82, 2.24) is 9.29 Å². The van der Waals surface area contributed by atoms with Crippen LogP contribution in [0.3, 0.4) is 0 Å². The van der Waals surface area contributed by atoms with Crippen LogP contribution in [0.1, 0.15) is 35.3 Å². The van der Waals surface area contributed by atoms with Crippen LogP contribution in [-0.2, 0) is 10.0 Å². The molecule has 2 N–H and O–H groups in total. The SMILES string of the molecule is COc1cc(OC)c2cc(C(=O)Nc3ccc(C)c(S(=O)(=O)N4CCCCC4)c3)[nH]c2c1OC. The van der Waals surface area contributed by atoms with E-state index < -0.39 is 15.9 Å². The third-order valence-corrected chi connectivity index (χ3v) is 8.10. The third-order valence-electron chi connectivity index (χ3n) is 6.06. The highest BCUT2D eigenvalue weighted by Crippen LogP contribution is 2.41. The van der Waals surface area contributed by atoms with Gasteiger partial charge in [-0.3, -0.25) is 4.79 Å². The molecule has 1 aromatic heterocycles. The number of hydrogen-bond donors (Lipinski definition) is 2. The van der Waals surface area contributed by atoms with Gasteiger partial charge in [0.1, 0.15) is 11.4 Å². The van der Waals surface area contributed by atoms with E-state index in [1.807, 2.05) is 0 Å². The predicted octanol–water partition coefficient (Wildman–Crippen LogP) is 3.93. The summed E-state index contributed by atoms with van der Waals surface area (Å²) in [5.74, 6) is 1.01. The summed E-state index contributed by atoms with van der Waals surface area (Å²) >= 11 is 0. The number of piperidine rings is 1. The van der Waals surface area contributed by atoms with Crippen LogP contribution in [0.4, 0.5) is 5.69 Å². The number of carbonyl (C=O) groups excluding carboxylic acids is 1. The lowest BCUT2D eigenvalue weighted by Gasteiger charge is -2.26. The Morgan fingerprint density at radius 3 is 2.32 bits per heavy atom. The number of anilines is 1. The van der Waals surface area contributed by atoms with Crippen LogP contribution < -0.4 is 19.5 Å². The van der Waals surface area contributed by atoms with Crippen LogP contribution >= 0.6 is 0 Å². The molecule has 0 saturated carbocycles. The zero-order valence-corrected chi connectivity index (χ0v) is 20.5. The van der Waals surface area contributed by atoms with E-state index in [1.54, 1.807) is 31.2 Å². The average Bonchev–Trinajstić information content (AvgIpc) is 3.30. The highest BCUT2D eigenvalue weighted by molar-refractivity contribution is 7.89. The van der Waals surface area contributed by atoms with Crippen molar-refractivity contribution in [2.45, 2.75) is 31.1 Å². The van der Waals surface area contributed by atoms with Crippen LogP contribution in [0.15, 0.2) is 35.2 Å². The van der Waals surface area contributed by atoms with Crippen molar-refractivity contribution in [3.8, 4) is 17.2 Å². The molecule has 0 radical (unpaired) electrons. The van der Waals surface area contributed by atoms with E-state index in [-0.39, 0.29) is 10.6 Å². The number of rotatable bonds is 7. The summed E-state index contributed by atoms with van der Waals surface area (Å²) in [5, 5.41) is 3.45. The number of nitrogens with zero attached hydrogens (tertiary/aromatic N) is 1. The maximum absolute atomic E-state index is 13.2. The molecule has 0 aliphatic carbocycles. The molecule has 0 spiro atoms. The Morgan fingerprint density at radius 2 is 1.68 bits per heavy atom. The molecule has 2 heterocycles. The molecule has 1 aliphatic heterocycles. The fraction of sp³-hybridized carbons (Fsp3) is 0.375. The Hall–Kier alpha value is -3.24. The number of fused-ring (bicyclic) bond motifs is 1. The number of nitrogens with one attached hydrogen (secondary N) is 2. The Bertz CT molecular complexity index is 1330. The first-order valence-electron chi connectivity index (χ1n) is 11.0. The van der Waals surface area contributed by atoms with Crippen molar-refractivity contribution in [2.24, 2.45) is 0 Å². The zero-order chi connectivity index (χ0) is 24.5. The minimum atomic E-state index is -3.63. The number of ether oxygens (including phenoxy) is 3. The van der Waals surface area contributed by atoms with Gasteiger partial charge in [0.2, 0.25) is 10.0 Å². The fourth-order valence-electron chi connectivity index (χ4n) is 4.26. The summed E-state index contributed by atoms with van der Waals surface area (Å²) in [6, 6.07) is 8.26. The van der Waals surface area contributed by atoms with Crippen LogP contribution in [0.5, 0.6) is 17.2 Å². The van der Waals surface area contributed by atoms with Gasteiger partial charge in [-0.1, -0.05) is 12.5 Å². The van der Waals surface area contributed by atoms with Gasteiger partial charge in [0, 0.05) is 30.2 Å². The summed E-state index contributed by atoms with van der Waals surface area (Å²) < 4.78 is 44.2. The first-order valence-corrected chi connectivity index (χ1v) is 12.5. The molecule has 0 bridgehead atoms. The summed E-state index contributed by atoms with van der Waals surface area (Å²) in [4.78, 5) is 16.3. The molecule has 9 nitrogen and oxygen atoms in total. The van der Waals surface area contributed by atoms with E-state index in [4.69, 9.17) is 14.2 Å². The molecular weight excluding hydrogens is 458 g/mol. The normalized spacial score (nSPS) is 14.7. The first-order chi connectivity index (χ1) is 16.3. The molecule has 1 aliphatic rings. The van der Waals surface area contributed by atoms with E-state index in [0.717, 1.165) is 19.3 Å². The predicted molar refractivity (Wildman–Crippen MR) is 130 cm³/mol. The molecule has 34 heavy (non-hydrogen) atoms. The molecule has 1 amide bonds. The van der Waals surface area contributed by atoms with Gasteiger partial charge in [-0.15, -0.1) is 0 Å². The minimum Gasteiger partial charge on any atom is -0.496 e. The smallest absolute Gasteiger partial charge is 0.272 e. The lowest BCUT2D eigenvalue weighted by Crippen LogP contribution is -2.36. The monoisotopic (exact) mass is 487 g/mol. The van der Waals surface area contributed by atoms with Crippen LogP contribution in [0.2, 0.25) is 0 Å². The number of amides is 1. The minimum absolute atomic E-state index is 0.205. The van der Waals surface area contributed by atoms with Crippen molar-refractivity contribution in [1.29, 1.82) is 0 Å². The zero-order valence-electron chi connectivity index (χ0n) is 19.7. The fourth-order valence-corrected chi connectivity index (χ4v) is 6.03. The Kier molecular flexibility index (Phi) is 6.72. The van der Waals surface area contributed by atoms with Gasteiger partial charge in [0.25, 0.3) is 5.91 Å². The number of methoxy groups -OCH3 is 3. The maximum atomic E-state index is 13.2. The van der Waals surface area contributed by atoms with Gasteiger partial charge < -0.3 is 24.5 Å². The number of aromatic nitrogens is 1. The van der Waals surface area contributed by atoms with E-state index >= 15 is 0 Å². The number of aryl methyl sites for hydroxylation is 1. The summed E-state index contributed by atoms with van der Waals surface area (Å²) in [6.45, 7) is 2.78. The molecular formula is C24H29N3O6S. The van der Waals surface area contributed by atoms with Crippen LogP contribution in [-0.4, -0.2) is 58.0 Å². The van der Waals surface area contributed by atoms with Gasteiger partial charge in [-0.05, 0) is 43.5 Å². The van der Waals surface area contributed by atoms with Gasteiger partial charge in [0.05, 0.1) is 31.7 Å². The number of aromatic amines is 1. The van der Waals surface area contributed by atoms with Gasteiger partial charge in [0.15, 0.2) is 11.5 Å². The lowest BCUT2D eigenvalue weighted by molar-refractivity contribution is 0.102. The number of carbonyl (C=O) groups is 1. The summed E-state index contributed by atoms with van der Waals surface area (Å²) in [6.07, 6.45) is 2.74. The van der Waals surface area contributed by atoms with Crippen LogP contribution in [0, 0.1) is 6.92 Å². The van der Waals surface area contributed by atoms with E-state index in [2.05, 4.69) is 10.3 Å². The summed E-state index contributed by atoms with van der Waals surface area (Å²) in [5.41, 5.74) is 1.85. The first kappa shape index (κ1) is 23.9. The van der Waals surface area contributed by atoms with Crippen molar-refractivity contribution in [2.75, 3.05) is 39.7 Å². The van der Waals surface area contributed by atoms with Crippen molar-refractivity contribution in [3.05, 3.63) is 41.6 Å². The highest BCUT2D eigenvalue weighted by Gasteiger charge is 2.28. The van der Waals surface area contributed by atoms with Crippen molar-refractivity contribution >= 4 is 32.5 Å². The molecule has 1 saturated heterocycles. The number of hydrogen-bond acceptors (Lipinski definition) is 6. The third kappa shape index (κ3) is 4.30. The van der Waals surface area contributed by atoms with Crippen molar-refractivity contribution in [3.63, 3.8) is 0 Å². The topological polar surface area (TPSA) is 110 Å². The second kappa shape index (κ2) is 9.55. The Balaban J connectivity index is 1.66. The number of H-pyrrole nitrogens is 1. The van der Waals surface area contributed by atoms with Gasteiger partial charge >= 0.3 is 0 Å². The molecule has 182 valence electrons. The number of benzene rings is 2. The number of sulfonamides is 1. The molecule has 0 unspecified atom stereocenters. The molecule has 1 fully saturated rings. The maximum Gasteiger partial charge on any atom is 0.272 e. The largest absolute Gasteiger partial charge is 0.496 e. The van der Waals surface area contributed by atoms with E-state index in [9.17, 15) is 13.2 Å².